The quantitative estimate of drug-likeness (QED) is 0.799. The Morgan fingerprint density at radius 2 is 2.23 bits per heavy atom. The zero-order chi connectivity index (χ0) is 9.84. The second-order valence-electron chi connectivity index (χ2n) is 2.95. The number of benzene rings is 1. The van der Waals surface area contributed by atoms with Crippen molar-refractivity contribution in [3.05, 3.63) is 34.6 Å². The van der Waals surface area contributed by atoms with E-state index < -0.39 is 0 Å². The van der Waals surface area contributed by atoms with Crippen molar-refractivity contribution in [3.8, 4) is 0 Å². The minimum absolute atomic E-state index is 0.0479. The minimum atomic E-state index is -0.301. The third-order valence-electron chi connectivity index (χ3n) is 2.11. The summed E-state index contributed by atoms with van der Waals surface area (Å²) in [6, 6.07) is 4.40. The zero-order valence-electron chi connectivity index (χ0n) is 7.43. The lowest BCUT2D eigenvalue weighted by Gasteiger charge is -2.12. The molecule has 1 aromatic rings. The van der Waals surface area contributed by atoms with Crippen LogP contribution < -0.4 is 0 Å². The molecule has 13 heavy (non-hydrogen) atoms. The van der Waals surface area contributed by atoms with Gasteiger partial charge in [0.1, 0.15) is 5.82 Å². The Kier molecular flexibility index (Phi) is 3.70. The van der Waals surface area contributed by atoms with E-state index in [1.54, 1.807) is 6.07 Å². The van der Waals surface area contributed by atoms with Crippen molar-refractivity contribution in [2.24, 2.45) is 0 Å². The van der Waals surface area contributed by atoms with E-state index in [1.165, 1.54) is 12.1 Å². The van der Waals surface area contributed by atoms with E-state index in [-0.39, 0.29) is 18.3 Å². The highest BCUT2D eigenvalue weighted by atomic mass is 35.5. The predicted octanol–water partition coefficient (Wildman–Crippen LogP) is 2.97. The second-order valence-corrected chi connectivity index (χ2v) is 3.39. The zero-order valence-corrected chi connectivity index (χ0v) is 8.18. The molecule has 0 spiro atoms. The number of hydrogen-bond acceptors (Lipinski definition) is 1. The molecular weight excluding hydrogens is 191 g/mol. The predicted molar refractivity (Wildman–Crippen MR) is 51.5 cm³/mol. The van der Waals surface area contributed by atoms with Crippen molar-refractivity contribution in [1.82, 2.24) is 0 Å². The van der Waals surface area contributed by atoms with Gasteiger partial charge in [0.05, 0.1) is 6.61 Å². The van der Waals surface area contributed by atoms with E-state index >= 15 is 0 Å². The van der Waals surface area contributed by atoms with Gasteiger partial charge >= 0.3 is 0 Å². The van der Waals surface area contributed by atoms with Crippen molar-refractivity contribution in [1.29, 1.82) is 0 Å². The molecule has 0 amide bonds. The van der Waals surface area contributed by atoms with Crippen LogP contribution in [0, 0.1) is 5.82 Å². The molecule has 1 rings (SSSR count). The Hall–Kier alpha value is -0.600. The number of aliphatic hydroxyl groups excluding tert-OH is 1. The van der Waals surface area contributed by atoms with Crippen LogP contribution in [0.3, 0.4) is 0 Å². The van der Waals surface area contributed by atoms with Crippen molar-refractivity contribution in [2.75, 3.05) is 6.61 Å². The van der Waals surface area contributed by atoms with Crippen LogP contribution in [0.1, 0.15) is 24.8 Å². The van der Waals surface area contributed by atoms with E-state index in [0.29, 0.717) is 17.0 Å². The fourth-order valence-corrected chi connectivity index (χ4v) is 1.46. The number of rotatable bonds is 3. The molecule has 1 unspecified atom stereocenters. The summed E-state index contributed by atoms with van der Waals surface area (Å²) in [6.07, 6.45) is 0.702. The summed E-state index contributed by atoms with van der Waals surface area (Å²) in [5.41, 5.74) is 0.498. The van der Waals surface area contributed by atoms with Gasteiger partial charge < -0.3 is 5.11 Å². The third-order valence-corrected chi connectivity index (χ3v) is 2.35. The SMILES string of the molecule is CCC(CO)c1cc(Cl)ccc1F. The number of halogens is 2. The summed E-state index contributed by atoms with van der Waals surface area (Å²) in [6.45, 7) is 1.86. The smallest absolute Gasteiger partial charge is 0.126 e. The first-order chi connectivity index (χ1) is 6.19. The van der Waals surface area contributed by atoms with Gasteiger partial charge in [-0.05, 0) is 30.2 Å². The van der Waals surface area contributed by atoms with Crippen molar-refractivity contribution in [3.63, 3.8) is 0 Å². The van der Waals surface area contributed by atoms with E-state index in [0.717, 1.165) is 0 Å². The van der Waals surface area contributed by atoms with Gasteiger partial charge in [0, 0.05) is 10.9 Å². The molecular formula is C10H12ClFO. The van der Waals surface area contributed by atoms with E-state index in [4.69, 9.17) is 16.7 Å². The molecule has 1 N–H and O–H groups in total. The standard InChI is InChI=1S/C10H12ClFO/c1-2-7(6-13)9-5-8(11)3-4-10(9)12/h3-5,7,13H,2,6H2,1H3. The summed E-state index contributed by atoms with van der Waals surface area (Å²) in [5, 5.41) is 9.49. The van der Waals surface area contributed by atoms with E-state index in [2.05, 4.69) is 0 Å². The maximum absolute atomic E-state index is 13.2. The van der Waals surface area contributed by atoms with Gasteiger partial charge in [-0.15, -0.1) is 0 Å². The molecule has 0 aliphatic carbocycles. The molecule has 72 valence electrons. The van der Waals surface area contributed by atoms with Crippen LogP contribution in [0.4, 0.5) is 4.39 Å². The molecule has 0 saturated heterocycles. The first-order valence-corrected chi connectivity index (χ1v) is 4.62. The largest absolute Gasteiger partial charge is 0.396 e. The van der Waals surface area contributed by atoms with Crippen LogP contribution >= 0.6 is 11.6 Å². The average molecular weight is 203 g/mol. The highest BCUT2D eigenvalue weighted by Gasteiger charge is 2.12. The van der Waals surface area contributed by atoms with Gasteiger partial charge in [-0.1, -0.05) is 18.5 Å². The monoisotopic (exact) mass is 202 g/mol. The Morgan fingerprint density at radius 1 is 1.54 bits per heavy atom. The molecule has 3 heteroatoms. The molecule has 0 aromatic heterocycles. The Balaban J connectivity index is 3.03. The lowest BCUT2D eigenvalue weighted by Crippen LogP contribution is -2.04. The second kappa shape index (κ2) is 4.58. The highest BCUT2D eigenvalue weighted by molar-refractivity contribution is 6.30. The van der Waals surface area contributed by atoms with Crippen LogP contribution in [0.15, 0.2) is 18.2 Å². The normalized spacial score (nSPS) is 12.9. The highest BCUT2D eigenvalue weighted by Crippen LogP contribution is 2.24. The average Bonchev–Trinajstić information content (AvgIpc) is 2.13. The molecule has 0 radical (unpaired) electrons. The number of aliphatic hydroxyl groups is 1. The molecule has 0 bridgehead atoms. The van der Waals surface area contributed by atoms with E-state index in [1.807, 2.05) is 6.92 Å². The van der Waals surface area contributed by atoms with Gasteiger partial charge in [-0.3, -0.25) is 0 Å². The minimum Gasteiger partial charge on any atom is -0.396 e. The lowest BCUT2D eigenvalue weighted by atomic mass is 9.97. The molecule has 0 heterocycles. The first kappa shape index (κ1) is 10.5. The molecule has 0 aliphatic heterocycles. The summed E-state index contributed by atoms with van der Waals surface area (Å²) in [7, 11) is 0. The molecule has 0 aliphatic rings. The molecule has 1 nitrogen and oxygen atoms in total. The maximum atomic E-state index is 13.2. The molecule has 0 fully saturated rings. The fraction of sp³-hybridized carbons (Fsp3) is 0.400. The van der Waals surface area contributed by atoms with Gasteiger partial charge in [0.25, 0.3) is 0 Å². The first-order valence-electron chi connectivity index (χ1n) is 4.24. The maximum Gasteiger partial charge on any atom is 0.126 e. The Morgan fingerprint density at radius 3 is 2.77 bits per heavy atom. The number of hydrogen-bond donors (Lipinski definition) is 1. The lowest BCUT2D eigenvalue weighted by molar-refractivity contribution is 0.259. The Bertz CT molecular complexity index is 284. The molecule has 1 atom stereocenters. The van der Waals surface area contributed by atoms with Crippen molar-refractivity contribution in [2.45, 2.75) is 19.3 Å². The van der Waals surface area contributed by atoms with Gasteiger partial charge in [-0.2, -0.15) is 0 Å². The van der Waals surface area contributed by atoms with E-state index in [9.17, 15) is 4.39 Å². The van der Waals surface area contributed by atoms with Crippen molar-refractivity contribution >= 4 is 11.6 Å². The summed E-state index contributed by atoms with van der Waals surface area (Å²) >= 11 is 5.73. The van der Waals surface area contributed by atoms with Gasteiger partial charge in [0.2, 0.25) is 0 Å². The van der Waals surface area contributed by atoms with Crippen LogP contribution in [0.5, 0.6) is 0 Å². The van der Waals surface area contributed by atoms with Crippen LogP contribution in [0.2, 0.25) is 5.02 Å². The third kappa shape index (κ3) is 2.42. The molecule has 1 aromatic carbocycles. The summed E-state index contributed by atoms with van der Waals surface area (Å²) in [5.74, 6) is -0.455. The topological polar surface area (TPSA) is 20.2 Å². The van der Waals surface area contributed by atoms with Crippen LogP contribution in [-0.4, -0.2) is 11.7 Å². The van der Waals surface area contributed by atoms with Crippen molar-refractivity contribution < 1.29 is 9.50 Å². The summed E-state index contributed by atoms with van der Waals surface area (Å²) in [4.78, 5) is 0. The Labute approximate surface area is 82.2 Å². The fourth-order valence-electron chi connectivity index (χ4n) is 1.27. The van der Waals surface area contributed by atoms with Crippen LogP contribution in [-0.2, 0) is 0 Å². The van der Waals surface area contributed by atoms with Gasteiger partial charge in [0.15, 0.2) is 0 Å². The molecule has 0 saturated carbocycles. The van der Waals surface area contributed by atoms with Crippen LogP contribution in [0.25, 0.3) is 0 Å². The van der Waals surface area contributed by atoms with Gasteiger partial charge in [-0.25, -0.2) is 4.39 Å². The summed E-state index contributed by atoms with van der Waals surface area (Å²) < 4.78 is 13.2.